The van der Waals surface area contributed by atoms with Gasteiger partial charge in [0, 0.05) is 30.2 Å². The van der Waals surface area contributed by atoms with Crippen LogP contribution in [0.1, 0.15) is 32.6 Å². The summed E-state index contributed by atoms with van der Waals surface area (Å²) in [5, 5.41) is 18.3. The van der Waals surface area contributed by atoms with Crippen LogP contribution in [0.5, 0.6) is 5.88 Å². The number of hydrogen-bond acceptors (Lipinski definition) is 6. The van der Waals surface area contributed by atoms with Gasteiger partial charge in [0.05, 0.1) is 23.6 Å². The predicted octanol–water partition coefficient (Wildman–Crippen LogP) is 3.39. The number of hydrogen-bond donors (Lipinski definition) is 3. The smallest absolute Gasteiger partial charge is 0.228 e. The SMILES string of the molecule is CCOc1nc(NC2CCC(O)CC2)nc2[nH]cc(-c3ccn4nccc4c3)c12. The zero-order valence-corrected chi connectivity index (χ0v) is 16.3. The van der Waals surface area contributed by atoms with Crippen LogP contribution in [-0.4, -0.2) is 48.4 Å². The Labute approximate surface area is 167 Å². The second-order valence-electron chi connectivity index (χ2n) is 7.48. The van der Waals surface area contributed by atoms with E-state index in [1.54, 1.807) is 6.20 Å². The molecule has 0 aliphatic heterocycles. The molecule has 0 atom stereocenters. The fraction of sp³-hybridized carbons (Fsp3) is 0.381. The number of aromatic amines is 1. The molecule has 1 saturated carbocycles. The normalized spacial score (nSPS) is 19.7. The van der Waals surface area contributed by atoms with Crippen molar-refractivity contribution in [2.45, 2.75) is 44.8 Å². The van der Waals surface area contributed by atoms with Crippen molar-refractivity contribution < 1.29 is 9.84 Å². The molecule has 4 aromatic heterocycles. The van der Waals surface area contributed by atoms with Gasteiger partial charge in [-0.1, -0.05) is 0 Å². The van der Waals surface area contributed by atoms with E-state index in [2.05, 4.69) is 26.4 Å². The summed E-state index contributed by atoms with van der Waals surface area (Å²) in [6.45, 7) is 2.47. The number of aromatic nitrogens is 5. The molecule has 3 N–H and O–H groups in total. The fourth-order valence-electron chi connectivity index (χ4n) is 4.03. The molecule has 0 spiro atoms. The maximum atomic E-state index is 9.72. The summed E-state index contributed by atoms with van der Waals surface area (Å²) < 4.78 is 7.73. The lowest BCUT2D eigenvalue weighted by Gasteiger charge is -2.26. The first-order chi connectivity index (χ1) is 14.2. The molecule has 1 aliphatic rings. The Morgan fingerprint density at radius 2 is 2.10 bits per heavy atom. The fourth-order valence-corrected chi connectivity index (χ4v) is 4.03. The van der Waals surface area contributed by atoms with Gasteiger partial charge in [-0.15, -0.1) is 0 Å². The molecule has 0 unspecified atom stereocenters. The molecule has 0 radical (unpaired) electrons. The molecule has 1 aliphatic carbocycles. The number of H-pyrrole nitrogens is 1. The molecular weight excluding hydrogens is 368 g/mol. The van der Waals surface area contributed by atoms with Gasteiger partial charge in [0.15, 0.2) is 0 Å². The lowest BCUT2D eigenvalue weighted by Crippen LogP contribution is -2.29. The van der Waals surface area contributed by atoms with Crippen LogP contribution in [0.2, 0.25) is 0 Å². The van der Waals surface area contributed by atoms with Crippen LogP contribution in [-0.2, 0) is 0 Å². The summed E-state index contributed by atoms with van der Waals surface area (Å²) in [5.41, 5.74) is 3.81. The monoisotopic (exact) mass is 392 g/mol. The minimum atomic E-state index is -0.186. The van der Waals surface area contributed by atoms with Crippen LogP contribution < -0.4 is 10.1 Å². The summed E-state index contributed by atoms with van der Waals surface area (Å²) in [7, 11) is 0. The van der Waals surface area contributed by atoms with E-state index < -0.39 is 0 Å². The number of aliphatic hydroxyl groups excluding tert-OH is 1. The van der Waals surface area contributed by atoms with E-state index in [-0.39, 0.29) is 12.1 Å². The van der Waals surface area contributed by atoms with Crippen LogP contribution in [0.25, 0.3) is 27.7 Å². The van der Waals surface area contributed by atoms with E-state index in [9.17, 15) is 5.11 Å². The first-order valence-electron chi connectivity index (χ1n) is 10.1. The molecule has 8 nitrogen and oxygen atoms in total. The highest BCUT2D eigenvalue weighted by atomic mass is 16.5. The van der Waals surface area contributed by atoms with Crippen molar-refractivity contribution in [2.75, 3.05) is 11.9 Å². The number of aliphatic hydroxyl groups is 1. The Morgan fingerprint density at radius 3 is 2.93 bits per heavy atom. The molecule has 5 rings (SSSR count). The first kappa shape index (κ1) is 17.9. The molecule has 1 fully saturated rings. The molecule has 0 aromatic carbocycles. The summed E-state index contributed by atoms with van der Waals surface area (Å²) in [4.78, 5) is 12.6. The summed E-state index contributed by atoms with van der Waals surface area (Å²) >= 11 is 0. The van der Waals surface area contributed by atoms with Crippen LogP contribution >= 0.6 is 0 Å². The van der Waals surface area contributed by atoms with Gasteiger partial charge in [-0.05, 0) is 56.4 Å². The second-order valence-corrected chi connectivity index (χ2v) is 7.48. The van der Waals surface area contributed by atoms with E-state index in [1.807, 2.05) is 36.0 Å². The number of rotatable bonds is 5. The number of nitrogens with zero attached hydrogens (tertiary/aromatic N) is 4. The number of fused-ring (bicyclic) bond motifs is 2. The Balaban J connectivity index is 1.53. The average Bonchev–Trinajstić information content (AvgIpc) is 3.36. The van der Waals surface area contributed by atoms with Crippen LogP contribution in [0.3, 0.4) is 0 Å². The van der Waals surface area contributed by atoms with E-state index in [0.717, 1.165) is 53.4 Å². The van der Waals surface area contributed by atoms with Crippen molar-refractivity contribution in [2.24, 2.45) is 0 Å². The first-order valence-corrected chi connectivity index (χ1v) is 10.1. The number of nitrogens with one attached hydrogen (secondary N) is 2. The molecule has 0 saturated heterocycles. The Bertz CT molecular complexity index is 1140. The number of pyridine rings is 1. The van der Waals surface area contributed by atoms with Crippen LogP contribution in [0.15, 0.2) is 36.8 Å². The van der Waals surface area contributed by atoms with Crippen LogP contribution in [0.4, 0.5) is 5.95 Å². The van der Waals surface area contributed by atoms with Gasteiger partial charge in [0.1, 0.15) is 5.65 Å². The van der Waals surface area contributed by atoms with Gasteiger partial charge in [0.25, 0.3) is 0 Å². The predicted molar refractivity (Wildman–Crippen MR) is 111 cm³/mol. The summed E-state index contributed by atoms with van der Waals surface area (Å²) in [6.07, 6.45) is 8.93. The van der Waals surface area contributed by atoms with Gasteiger partial charge in [0.2, 0.25) is 11.8 Å². The van der Waals surface area contributed by atoms with Gasteiger partial charge in [-0.3, -0.25) is 0 Å². The Kier molecular flexibility index (Phi) is 4.55. The van der Waals surface area contributed by atoms with Crippen molar-refractivity contribution in [3.8, 4) is 17.0 Å². The van der Waals surface area contributed by atoms with Crippen molar-refractivity contribution in [3.05, 3.63) is 36.8 Å². The van der Waals surface area contributed by atoms with E-state index >= 15 is 0 Å². The summed E-state index contributed by atoms with van der Waals surface area (Å²) in [5.74, 6) is 1.13. The third-order valence-electron chi connectivity index (χ3n) is 5.52. The maximum Gasteiger partial charge on any atom is 0.228 e. The van der Waals surface area contributed by atoms with Gasteiger partial charge >= 0.3 is 0 Å². The van der Waals surface area contributed by atoms with Gasteiger partial charge in [-0.25, -0.2) is 4.52 Å². The third kappa shape index (κ3) is 3.40. The topological polar surface area (TPSA) is 100 Å². The van der Waals surface area contributed by atoms with Crippen molar-refractivity contribution in [1.29, 1.82) is 0 Å². The van der Waals surface area contributed by atoms with Gasteiger partial charge in [-0.2, -0.15) is 15.1 Å². The Morgan fingerprint density at radius 1 is 1.24 bits per heavy atom. The molecule has 150 valence electrons. The standard InChI is InChI=1S/C21H24N6O2/c1-2-29-20-18-17(13-8-10-27-15(11-13)7-9-23-27)12-22-19(18)25-21(26-20)24-14-3-5-16(28)6-4-14/h7-12,14,16,28H,2-6H2,1H3,(H2,22,24,25,26). The molecule has 8 heteroatoms. The highest BCUT2D eigenvalue weighted by Crippen LogP contribution is 2.35. The molecule has 4 heterocycles. The van der Waals surface area contributed by atoms with Gasteiger partial charge < -0.3 is 20.1 Å². The van der Waals surface area contributed by atoms with E-state index in [4.69, 9.17) is 9.72 Å². The number of anilines is 1. The van der Waals surface area contributed by atoms with Crippen LogP contribution in [0, 0.1) is 0 Å². The lowest BCUT2D eigenvalue weighted by molar-refractivity contribution is 0.126. The third-order valence-corrected chi connectivity index (χ3v) is 5.52. The molecule has 29 heavy (non-hydrogen) atoms. The van der Waals surface area contributed by atoms with Crippen molar-refractivity contribution in [3.63, 3.8) is 0 Å². The zero-order valence-electron chi connectivity index (χ0n) is 16.3. The molecular formula is C21H24N6O2. The minimum Gasteiger partial charge on any atom is -0.477 e. The van der Waals surface area contributed by atoms with E-state index in [1.165, 1.54) is 0 Å². The highest BCUT2D eigenvalue weighted by Gasteiger charge is 2.22. The Hall–Kier alpha value is -3.13. The lowest BCUT2D eigenvalue weighted by atomic mass is 9.93. The maximum absolute atomic E-state index is 9.72. The summed E-state index contributed by atoms with van der Waals surface area (Å²) in [6, 6.07) is 6.36. The van der Waals surface area contributed by atoms with Crippen molar-refractivity contribution in [1.82, 2.24) is 24.6 Å². The molecule has 0 amide bonds. The average molecular weight is 392 g/mol. The number of ether oxygens (including phenoxy) is 1. The minimum absolute atomic E-state index is 0.186. The molecule has 0 bridgehead atoms. The highest BCUT2D eigenvalue weighted by molar-refractivity contribution is 5.98. The van der Waals surface area contributed by atoms with Crippen molar-refractivity contribution >= 4 is 22.5 Å². The van der Waals surface area contributed by atoms with E-state index in [0.29, 0.717) is 18.4 Å². The largest absolute Gasteiger partial charge is 0.477 e. The second kappa shape index (κ2) is 7.36. The zero-order chi connectivity index (χ0) is 19.8. The molecule has 4 aromatic rings. The quantitative estimate of drug-likeness (QED) is 0.481.